The van der Waals surface area contributed by atoms with E-state index in [9.17, 15) is 0 Å². The molecule has 0 fully saturated rings. The van der Waals surface area contributed by atoms with Crippen molar-refractivity contribution < 1.29 is 9.26 Å². The Labute approximate surface area is 104 Å². The second-order valence-corrected chi connectivity index (χ2v) is 4.20. The van der Waals surface area contributed by atoms with Crippen LogP contribution in [-0.4, -0.2) is 12.3 Å². The number of anilines is 1. The summed E-state index contributed by atoms with van der Waals surface area (Å²) in [5, 5.41) is 4.25. The van der Waals surface area contributed by atoms with Crippen molar-refractivity contribution in [2.75, 3.05) is 12.8 Å². The van der Waals surface area contributed by atoms with E-state index in [1.165, 1.54) is 0 Å². The average Bonchev–Trinajstić information content (AvgIpc) is 2.70. The monoisotopic (exact) mass is 252 g/mol. The molecule has 0 unspecified atom stereocenters. The van der Waals surface area contributed by atoms with E-state index in [1.54, 1.807) is 13.2 Å². The lowest BCUT2D eigenvalue weighted by atomic mass is 10.00. The molecule has 2 aromatic rings. The van der Waals surface area contributed by atoms with E-state index in [0.29, 0.717) is 22.4 Å². The quantitative estimate of drug-likeness (QED) is 0.892. The first-order chi connectivity index (χ1) is 8.04. The highest BCUT2D eigenvalue weighted by atomic mass is 35.5. The van der Waals surface area contributed by atoms with Crippen molar-refractivity contribution in [3.63, 3.8) is 0 Å². The predicted octanol–water partition coefficient (Wildman–Crippen LogP) is 3.20. The molecule has 0 saturated heterocycles. The summed E-state index contributed by atoms with van der Waals surface area (Å²) in [4.78, 5) is 0. The van der Waals surface area contributed by atoms with Gasteiger partial charge < -0.3 is 15.0 Å². The minimum atomic E-state index is 0.353. The molecule has 4 nitrogen and oxygen atoms in total. The molecule has 0 aliphatic carbocycles. The fraction of sp³-hybridized carbons (Fsp3) is 0.250. The van der Waals surface area contributed by atoms with Crippen LogP contribution in [0, 0.1) is 13.8 Å². The molecule has 0 bridgehead atoms. The Hall–Kier alpha value is -1.68. The molecule has 90 valence electrons. The molecule has 1 aromatic carbocycles. The molecule has 0 atom stereocenters. The Morgan fingerprint density at radius 1 is 1.35 bits per heavy atom. The minimum absolute atomic E-state index is 0.353. The van der Waals surface area contributed by atoms with Crippen molar-refractivity contribution in [2.24, 2.45) is 0 Å². The molecule has 2 N–H and O–H groups in total. The van der Waals surface area contributed by atoms with Gasteiger partial charge in [0.1, 0.15) is 5.75 Å². The van der Waals surface area contributed by atoms with E-state index < -0.39 is 0 Å². The SMILES string of the molecule is COc1cc(C)c(-c2cc(N)no2)c(C)c1Cl. The number of hydrogen-bond donors (Lipinski definition) is 1. The van der Waals surface area contributed by atoms with Crippen LogP contribution >= 0.6 is 11.6 Å². The van der Waals surface area contributed by atoms with Gasteiger partial charge in [0, 0.05) is 11.6 Å². The molecular weight excluding hydrogens is 240 g/mol. The van der Waals surface area contributed by atoms with Gasteiger partial charge >= 0.3 is 0 Å². The van der Waals surface area contributed by atoms with Crippen LogP contribution in [0.5, 0.6) is 5.75 Å². The second-order valence-electron chi connectivity index (χ2n) is 3.83. The van der Waals surface area contributed by atoms with E-state index in [4.69, 9.17) is 26.6 Å². The number of nitrogen functional groups attached to an aromatic ring is 1. The van der Waals surface area contributed by atoms with Gasteiger partial charge in [0.2, 0.25) is 0 Å². The van der Waals surface area contributed by atoms with Gasteiger partial charge in [-0.15, -0.1) is 0 Å². The largest absolute Gasteiger partial charge is 0.495 e. The summed E-state index contributed by atoms with van der Waals surface area (Å²) >= 11 is 6.21. The van der Waals surface area contributed by atoms with Crippen LogP contribution in [0.3, 0.4) is 0 Å². The smallest absolute Gasteiger partial charge is 0.169 e. The van der Waals surface area contributed by atoms with Crippen molar-refractivity contribution in [3.05, 3.63) is 28.3 Å². The number of aryl methyl sites for hydroxylation is 1. The second kappa shape index (κ2) is 4.30. The Bertz CT molecular complexity index is 564. The van der Waals surface area contributed by atoms with Crippen LogP contribution < -0.4 is 10.5 Å². The van der Waals surface area contributed by atoms with E-state index in [-0.39, 0.29) is 0 Å². The summed E-state index contributed by atoms with van der Waals surface area (Å²) in [5.74, 6) is 1.62. The Morgan fingerprint density at radius 3 is 2.59 bits per heavy atom. The number of benzene rings is 1. The molecule has 5 heteroatoms. The van der Waals surface area contributed by atoms with Gasteiger partial charge in [0.25, 0.3) is 0 Å². The number of nitrogens with zero attached hydrogens (tertiary/aromatic N) is 1. The zero-order chi connectivity index (χ0) is 12.6. The number of ether oxygens (including phenoxy) is 1. The first-order valence-corrected chi connectivity index (χ1v) is 5.48. The third-order valence-corrected chi connectivity index (χ3v) is 3.13. The number of aromatic nitrogens is 1. The summed E-state index contributed by atoms with van der Waals surface area (Å²) < 4.78 is 10.4. The van der Waals surface area contributed by atoms with Crippen LogP contribution in [0.25, 0.3) is 11.3 Å². The van der Waals surface area contributed by atoms with Crippen LogP contribution in [0.1, 0.15) is 11.1 Å². The molecule has 2 rings (SSSR count). The zero-order valence-electron chi connectivity index (χ0n) is 9.87. The van der Waals surface area contributed by atoms with Crippen molar-refractivity contribution in [3.8, 4) is 17.1 Å². The van der Waals surface area contributed by atoms with Crippen molar-refractivity contribution in [1.82, 2.24) is 5.16 Å². The number of nitrogens with two attached hydrogens (primary N) is 1. The van der Waals surface area contributed by atoms with Gasteiger partial charge in [-0.2, -0.15) is 0 Å². The van der Waals surface area contributed by atoms with E-state index in [0.717, 1.165) is 16.7 Å². The summed E-state index contributed by atoms with van der Waals surface area (Å²) in [6, 6.07) is 3.54. The minimum Gasteiger partial charge on any atom is -0.495 e. The molecule has 0 amide bonds. The van der Waals surface area contributed by atoms with Gasteiger partial charge in [-0.1, -0.05) is 16.8 Å². The van der Waals surface area contributed by atoms with Crippen LogP contribution in [0.2, 0.25) is 5.02 Å². The summed E-state index contributed by atoms with van der Waals surface area (Å²) in [6.45, 7) is 3.87. The lowest BCUT2D eigenvalue weighted by Gasteiger charge is -2.12. The normalized spacial score (nSPS) is 10.6. The summed E-state index contributed by atoms with van der Waals surface area (Å²) in [6.07, 6.45) is 0. The Balaban J connectivity index is 2.66. The van der Waals surface area contributed by atoms with Gasteiger partial charge in [-0.05, 0) is 31.0 Å². The Morgan fingerprint density at radius 2 is 2.06 bits per heavy atom. The van der Waals surface area contributed by atoms with Gasteiger partial charge in [0.05, 0.1) is 12.1 Å². The number of hydrogen-bond acceptors (Lipinski definition) is 4. The number of rotatable bonds is 2. The molecule has 17 heavy (non-hydrogen) atoms. The molecule has 1 aromatic heterocycles. The maximum atomic E-state index is 6.21. The fourth-order valence-corrected chi connectivity index (χ4v) is 2.08. The zero-order valence-corrected chi connectivity index (χ0v) is 10.6. The topological polar surface area (TPSA) is 61.3 Å². The van der Waals surface area contributed by atoms with Gasteiger partial charge in [-0.3, -0.25) is 0 Å². The first kappa shape index (κ1) is 11.8. The lowest BCUT2D eigenvalue weighted by molar-refractivity contribution is 0.414. The molecule has 0 spiro atoms. The van der Waals surface area contributed by atoms with E-state index >= 15 is 0 Å². The van der Waals surface area contributed by atoms with Crippen molar-refractivity contribution >= 4 is 17.4 Å². The van der Waals surface area contributed by atoms with Crippen molar-refractivity contribution in [1.29, 1.82) is 0 Å². The highest BCUT2D eigenvalue weighted by Gasteiger charge is 2.16. The number of methoxy groups -OCH3 is 1. The summed E-state index contributed by atoms with van der Waals surface area (Å²) in [5.41, 5.74) is 8.34. The maximum absolute atomic E-state index is 6.21. The third-order valence-electron chi connectivity index (χ3n) is 2.66. The molecule has 0 aliphatic rings. The van der Waals surface area contributed by atoms with Gasteiger partial charge in [0.15, 0.2) is 11.6 Å². The van der Waals surface area contributed by atoms with Crippen LogP contribution in [0.4, 0.5) is 5.82 Å². The van der Waals surface area contributed by atoms with Crippen LogP contribution in [-0.2, 0) is 0 Å². The third kappa shape index (κ3) is 1.96. The van der Waals surface area contributed by atoms with E-state index in [2.05, 4.69) is 5.16 Å². The molecule has 0 radical (unpaired) electrons. The fourth-order valence-electron chi connectivity index (χ4n) is 1.86. The lowest BCUT2D eigenvalue weighted by Crippen LogP contribution is -1.93. The molecule has 1 heterocycles. The van der Waals surface area contributed by atoms with Gasteiger partial charge in [-0.25, -0.2) is 0 Å². The molecule has 0 aliphatic heterocycles. The predicted molar refractivity (Wildman–Crippen MR) is 67.4 cm³/mol. The molecule has 0 saturated carbocycles. The first-order valence-electron chi connectivity index (χ1n) is 5.11. The summed E-state index contributed by atoms with van der Waals surface area (Å²) in [7, 11) is 1.59. The van der Waals surface area contributed by atoms with E-state index in [1.807, 2.05) is 19.9 Å². The highest BCUT2D eigenvalue weighted by Crippen LogP contribution is 2.38. The maximum Gasteiger partial charge on any atom is 0.169 e. The number of halogens is 1. The standard InChI is InChI=1S/C12H13ClN2O2/c1-6-4-9(16-3)12(13)7(2)11(6)8-5-10(14)15-17-8/h4-5H,1-3H3,(H2,14,15). The van der Waals surface area contributed by atoms with Crippen LogP contribution in [0.15, 0.2) is 16.7 Å². The molecular formula is C12H13ClN2O2. The highest BCUT2D eigenvalue weighted by molar-refractivity contribution is 6.33. The van der Waals surface area contributed by atoms with Crippen molar-refractivity contribution in [2.45, 2.75) is 13.8 Å². The average molecular weight is 253 g/mol. The Kier molecular flexibility index (Phi) is 2.98.